The van der Waals surface area contributed by atoms with Crippen LogP contribution in [0.2, 0.25) is 0 Å². The molecule has 2 aromatic rings. The molecule has 194 valence electrons. The van der Waals surface area contributed by atoms with E-state index in [2.05, 4.69) is 19.7 Å². The molecule has 0 aliphatic carbocycles. The van der Waals surface area contributed by atoms with Crippen molar-refractivity contribution < 1.29 is 42.5 Å². The first kappa shape index (κ1) is 28.7. The summed E-state index contributed by atoms with van der Waals surface area (Å²) in [6, 6.07) is 5.97. The van der Waals surface area contributed by atoms with Crippen molar-refractivity contribution in [3.63, 3.8) is 0 Å². The number of ether oxygens (including phenoxy) is 4. The molecule has 9 heteroatoms. The molecule has 0 bridgehead atoms. The van der Waals surface area contributed by atoms with E-state index in [1.54, 1.807) is 13.8 Å². The number of benzene rings is 2. The molecule has 0 atom stereocenters. The lowest BCUT2D eigenvalue weighted by Gasteiger charge is -2.16. The molecule has 0 unspecified atom stereocenters. The highest BCUT2D eigenvalue weighted by atomic mass is 19.1. The van der Waals surface area contributed by atoms with E-state index < -0.39 is 35.6 Å². The predicted octanol–water partition coefficient (Wildman–Crippen LogP) is 5.50. The number of carbonyl (C=O) groups excluding carboxylic acids is 4. The third kappa shape index (κ3) is 7.47. The van der Waals surface area contributed by atoms with Crippen LogP contribution in [0.3, 0.4) is 0 Å². The monoisotopic (exact) mass is 510 g/mol. The molecule has 0 fully saturated rings. The highest BCUT2D eigenvalue weighted by molar-refractivity contribution is 5.92. The maximum atomic E-state index is 15.4. The second-order valence-electron chi connectivity index (χ2n) is 8.53. The molecule has 37 heavy (non-hydrogen) atoms. The van der Waals surface area contributed by atoms with Gasteiger partial charge in [-0.1, -0.05) is 39.7 Å². The van der Waals surface area contributed by atoms with Crippen LogP contribution in [0.1, 0.15) is 34.6 Å². The standard InChI is InChI=1S/C28H27FO8/c1-14(2)25(30)34-19-12-20(29)24(23(13-19)37-28(33)17(7)8)18-9-10-21(35-26(31)15(3)4)22(11-18)36-27(32)16(5)6/h9-14H,3,5,7H2,1-2,4,6,8H3. The maximum absolute atomic E-state index is 15.4. The summed E-state index contributed by atoms with van der Waals surface area (Å²) in [6.45, 7) is 18.0. The van der Waals surface area contributed by atoms with Gasteiger partial charge in [0.05, 0.1) is 11.5 Å². The van der Waals surface area contributed by atoms with Crippen molar-refractivity contribution in [1.29, 1.82) is 0 Å². The lowest BCUT2D eigenvalue weighted by molar-refractivity contribution is -0.137. The van der Waals surface area contributed by atoms with Crippen LogP contribution in [-0.4, -0.2) is 23.9 Å². The average molecular weight is 511 g/mol. The highest BCUT2D eigenvalue weighted by Gasteiger charge is 2.23. The third-order valence-corrected chi connectivity index (χ3v) is 4.60. The van der Waals surface area contributed by atoms with Crippen LogP contribution in [0.5, 0.6) is 23.0 Å². The van der Waals surface area contributed by atoms with Crippen molar-refractivity contribution in [2.45, 2.75) is 34.6 Å². The number of rotatable bonds is 9. The Labute approximate surface area is 214 Å². The number of hydrogen-bond acceptors (Lipinski definition) is 8. The van der Waals surface area contributed by atoms with Crippen molar-refractivity contribution in [3.8, 4) is 34.1 Å². The van der Waals surface area contributed by atoms with Crippen molar-refractivity contribution >= 4 is 23.9 Å². The van der Waals surface area contributed by atoms with Gasteiger partial charge in [-0.3, -0.25) is 4.79 Å². The van der Waals surface area contributed by atoms with E-state index in [1.807, 2.05) is 0 Å². The van der Waals surface area contributed by atoms with E-state index in [-0.39, 0.29) is 50.8 Å². The fourth-order valence-electron chi connectivity index (χ4n) is 2.60. The molecular formula is C28H27FO8. The van der Waals surface area contributed by atoms with Crippen LogP contribution >= 0.6 is 0 Å². The van der Waals surface area contributed by atoms with Gasteiger partial charge in [-0.25, -0.2) is 18.8 Å². The molecule has 0 saturated heterocycles. The first-order valence-corrected chi connectivity index (χ1v) is 11.0. The maximum Gasteiger partial charge on any atom is 0.338 e. The Morgan fingerprint density at radius 3 is 1.68 bits per heavy atom. The van der Waals surface area contributed by atoms with Gasteiger partial charge in [-0.15, -0.1) is 0 Å². The van der Waals surface area contributed by atoms with Gasteiger partial charge < -0.3 is 18.9 Å². The number of carbonyl (C=O) groups is 4. The van der Waals surface area contributed by atoms with Crippen molar-refractivity contribution in [1.82, 2.24) is 0 Å². The number of esters is 4. The Bertz CT molecular complexity index is 1320. The van der Waals surface area contributed by atoms with Gasteiger partial charge in [-0.05, 0) is 38.5 Å². The van der Waals surface area contributed by atoms with Crippen molar-refractivity contribution in [3.05, 3.63) is 72.6 Å². The van der Waals surface area contributed by atoms with E-state index in [0.717, 1.165) is 6.07 Å². The molecule has 8 nitrogen and oxygen atoms in total. The van der Waals surface area contributed by atoms with Gasteiger partial charge in [0.25, 0.3) is 0 Å². The van der Waals surface area contributed by atoms with E-state index in [4.69, 9.17) is 18.9 Å². The minimum absolute atomic E-state index is 0.0362. The summed E-state index contributed by atoms with van der Waals surface area (Å²) in [6.07, 6.45) is 0. The summed E-state index contributed by atoms with van der Waals surface area (Å²) in [7, 11) is 0. The number of halogens is 1. The summed E-state index contributed by atoms with van der Waals surface area (Å²) in [5, 5.41) is 0. The lowest BCUT2D eigenvalue weighted by atomic mass is 10.0. The molecule has 2 rings (SSSR count). The third-order valence-electron chi connectivity index (χ3n) is 4.60. The molecule has 0 spiro atoms. The van der Waals surface area contributed by atoms with Crippen LogP contribution in [0.25, 0.3) is 11.1 Å². The summed E-state index contributed by atoms with van der Waals surface area (Å²) in [5.74, 6) is -5.34. The van der Waals surface area contributed by atoms with E-state index in [1.165, 1.54) is 45.0 Å². The summed E-state index contributed by atoms with van der Waals surface area (Å²) in [4.78, 5) is 48.6. The Kier molecular flexibility index (Phi) is 9.26. The van der Waals surface area contributed by atoms with Gasteiger partial charge in [0.1, 0.15) is 17.3 Å². The van der Waals surface area contributed by atoms with Gasteiger partial charge in [0, 0.05) is 28.9 Å². The normalized spacial score (nSPS) is 10.4. The Balaban J connectivity index is 2.70. The zero-order chi connectivity index (χ0) is 28.0. The van der Waals surface area contributed by atoms with Crippen molar-refractivity contribution in [2.75, 3.05) is 0 Å². The van der Waals surface area contributed by atoms with Gasteiger partial charge in [0.15, 0.2) is 11.5 Å². The Morgan fingerprint density at radius 1 is 0.703 bits per heavy atom. The smallest absolute Gasteiger partial charge is 0.338 e. The van der Waals surface area contributed by atoms with Crippen LogP contribution in [-0.2, 0) is 19.2 Å². The van der Waals surface area contributed by atoms with Crippen molar-refractivity contribution in [2.24, 2.45) is 5.92 Å². The summed E-state index contributed by atoms with van der Waals surface area (Å²) >= 11 is 0. The van der Waals surface area contributed by atoms with Crippen LogP contribution in [0.4, 0.5) is 4.39 Å². The zero-order valence-electron chi connectivity index (χ0n) is 21.2. The molecule has 0 amide bonds. The molecule has 0 saturated carbocycles. The molecule has 0 N–H and O–H groups in total. The first-order valence-electron chi connectivity index (χ1n) is 11.0. The zero-order valence-corrected chi connectivity index (χ0v) is 21.2. The molecular weight excluding hydrogens is 483 g/mol. The van der Waals surface area contributed by atoms with E-state index in [9.17, 15) is 19.2 Å². The van der Waals surface area contributed by atoms with Gasteiger partial charge in [0.2, 0.25) is 0 Å². The fourth-order valence-corrected chi connectivity index (χ4v) is 2.60. The molecule has 0 heterocycles. The molecule has 2 aromatic carbocycles. The summed E-state index contributed by atoms with van der Waals surface area (Å²) < 4.78 is 36.4. The SMILES string of the molecule is C=C(C)C(=O)Oc1ccc(-c2c(F)cc(OC(=O)C(C)C)cc2OC(=O)C(=C)C)cc1OC(=O)C(=C)C. The Morgan fingerprint density at radius 2 is 1.19 bits per heavy atom. The fraction of sp³-hybridized carbons (Fsp3) is 0.214. The Hall–Kier alpha value is -4.53. The summed E-state index contributed by atoms with van der Waals surface area (Å²) in [5.41, 5.74) is 0.0517. The van der Waals surface area contributed by atoms with Crippen LogP contribution in [0.15, 0.2) is 66.8 Å². The highest BCUT2D eigenvalue weighted by Crippen LogP contribution is 2.41. The van der Waals surface area contributed by atoms with Gasteiger partial charge in [-0.2, -0.15) is 0 Å². The van der Waals surface area contributed by atoms with Crippen LogP contribution < -0.4 is 18.9 Å². The lowest BCUT2D eigenvalue weighted by Crippen LogP contribution is -2.15. The first-order chi connectivity index (χ1) is 17.2. The molecule has 0 aromatic heterocycles. The minimum Gasteiger partial charge on any atom is -0.426 e. The average Bonchev–Trinajstić information content (AvgIpc) is 2.79. The molecule has 0 aliphatic heterocycles. The second kappa shape index (κ2) is 11.9. The second-order valence-corrected chi connectivity index (χ2v) is 8.53. The van der Waals surface area contributed by atoms with Gasteiger partial charge >= 0.3 is 23.9 Å². The molecule has 0 aliphatic rings. The predicted molar refractivity (Wildman–Crippen MR) is 134 cm³/mol. The number of hydrogen-bond donors (Lipinski definition) is 0. The van der Waals surface area contributed by atoms with E-state index >= 15 is 4.39 Å². The van der Waals surface area contributed by atoms with E-state index in [0.29, 0.717) is 0 Å². The van der Waals surface area contributed by atoms with Crippen LogP contribution in [0, 0.1) is 11.7 Å². The molecule has 0 radical (unpaired) electrons. The largest absolute Gasteiger partial charge is 0.426 e. The minimum atomic E-state index is -0.914. The quantitative estimate of drug-likeness (QED) is 0.247. The topological polar surface area (TPSA) is 105 Å².